The fourth-order valence-corrected chi connectivity index (χ4v) is 3.18. The minimum Gasteiger partial charge on any atom is -0.496 e. The topological polar surface area (TPSA) is 64.6 Å². The molecule has 1 fully saturated rings. The number of nitrogens with one attached hydrogen (secondary N) is 1. The second-order valence-corrected chi connectivity index (χ2v) is 6.62. The monoisotopic (exact) mass is 345 g/mol. The zero-order valence-electron chi connectivity index (χ0n) is 15.2. The van der Waals surface area contributed by atoms with E-state index in [1.165, 1.54) is 12.5 Å². The molecule has 0 unspecified atom stereocenters. The zero-order valence-corrected chi connectivity index (χ0v) is 15.2. The van der Waals surface area contributed by atoms with Gasteiger partial charge < -0.3 is 14.8 Å². The van der Waals surface area contributed by atoms with E-state index in [2.05, 4.69) is 19.2 Å². The molecule has 0 radical (unpaired) electrons. The Hall–Kier alpha value is -2.30. The van der Waals surface area contributed by atoms with Gasteiger partial charge in [0, 0.05) is 17.7 Å². The Balaban J connectivity index is 1.79. The second kappa shape index (κ2) is 9.25. The van der Waals surface area contributed by atoms with Crippen LogP contribution < -0.4 is 10.1 Å². The Labute approximate surface area is 149 Å². The van der Waals surface area contributed by atoms with E-state index in [-0.39, 0.29) is 18.6 Å². The van der Waals surface area contributed by atoms with Crippen molar-refractivity contribution in [3.63, 3.8) is 0 Å². The van der Waals surface area contributed by atoms with Crippen LogP contribution in [0.1, 0.15) is 38.7 Å². The van der Waals surface area contributed by atoms with Gasteiger partial charge in [-0.05, 0) is 30.4 Å². The van der Waals surface area contributed by atoms with Crippen molar-refractivity contribution in [3.8, 4) is 5.75 Å². The highest BCUT2D eigenvalue weighted by Gasteiger charge is 2.28. The highest BCUT2D eigenvalue weighted by Crippen LogP contribution is 2.29. The standard InChI is InChI=1S/C20H27NO4/c1-14-7-6-9-17(15(14)2)21-19(22)13-25-20(23)12-11-16-8-4-5-10-18(16)24-3/h4-5,8,10-12,14-15,17H,6-7,9,13H2,1-3H3,(H,21,22)/b12-11+/t14-,15+,17+/m1/s1. The van der Waals surface area contributed by atoms with E-state index in [4.69, 9.17) is 9.47 Å². The fraction of sp³-hybridized carbons (Fsp3) is 0.500. The maximum atomic E-state index is 12.0. The molecule has 0 saturated heterocycles. The summed E-state index contributed by atoms with van der Waals surface area (Å²) in [7, 11) is 1.57. The predicted molar refractivity (Wildman–Crippen MR) is 97.1 cm³/mol. The summed E-state index contributed by atoms with van der Waals surface area (Å²) in [5.74, 6) is 0.921. The fourth-order valence-electron chi connectivity index (χ4n) is 3.18. The summed E-state index contributed by atoms with van der Waals surface area (Å²) in [6.07, 6.45) is 6.23. The van der Waals surface area contributed by atoms with Gasteiger partial charge in [-0.15, -0.1) is 0 Å². The minimum absolute atomic E-state index is 0.166. The van der Waals surface area contributed by atoms with E-state index in [0.717, 1.165) is 18.4 Å². The van der Waals surface area contributed by atoms with Crippen LogP contribution >= 0.6 is 0 Å². The third kappa shape index (κ3) is 5.62. The molecule has 0 aliphatic heterocycles. The van der Waals surface area contributed by atoms with Crippen LogP contribution in [0.4, 0.5) is 0 Å². The van der Waals surface area contributed by atoms with Gasteiger partial charge in [0.1, 0.15) is 5.75 Å². The molecule has 136 valence electrons. The summed E-state index contributed by atoms with van der Waals surface area (Å²) in [6.45, 7) is 4.12. The van der Waals surface area contributed by atoms with Crippen LogP contribution in [0.15, 0.2) is 30.3 Å². The van der Waals surface area contributed by atoms with Gasteiger partial charge in [0.25, 0.3) is 5.91 Å². The van der Waals surface area contributed by atoms with E-state index in [1.54, 1.807) is 13.2 Å². The lowest BCUT2D eigenvalue weighted by molar-refractivity contribution is -0.144. The number of para-hydroxylation sites is 1. The molecule has 25 heavy (non-hydrogen) atoms. The molecule has 0 aromatic heterocycles. The van der Waals surface area contributed by atoms with Crippen LogP contribution in [0.5, 0.6) is 5.75 Å². The van der Waals surface area contributed by atoms with Crippen LogP contribution in [-0.2, 0) is 14.3 Å². The number of carbonyl (C=O) groups excluding carboxylic acids is 2. The molecule has 0 heterocycles. The zero-order chi connectivity index (χ0) is 18.2. The number of methoxy groups -OCH3 is 1. The highest BCUT2D eigenvalue weighted by atomic mass is 16.5. The lowest BCUT2D eigenvalue weighted by atomic mass is 9.78. The number of carbonyl (C=O) groups is 2. The summed E-state index contributed by atoms with van der Waals surface area (Å²) in [5.41, 5.74) is 0.774. The molecule has 1 aliphatic carbocycles. The van der Waals surface area contributed by atoms with Crippen molar-refractivity contribution < 1.29 is 19.1 Å². The molecule has 5 heteroatoms. The summed E-state index contributed by atoms with van der Waals surface area (Å²) < 4.78 is 10.2. The molecule has 5 nitrogen and oxygen atoms in total. The summed E-state index contributed by atoms with van der Waals surface area (Å²) in [4.78, 5) is 23.8. The normalized spacial score (nSPS) is 23.2. The molecule has 0 spiro atoms. The number of rotatable bonds is 6. The van der Waals surface area contributed by atoms with E-state index in [1.807, 2.05) is 24.3 Å². The first kappa shape index (κ1) is 19.0. The van der Waals surface area contributed by atoms with Gasteiger partial charge in [0.15, 0.2) is 6.61 Å². The lowest BCUT2D eigenvalue weighted by Crippen LogP contribution is -2.45. The van der Waals surface area contributed by atoms with Crippen LogP contribution in [0.2, 0.25) is 0 Å². The van der Waals surface area contributed by atoms with E-state index in [9.17, 15) is 9.59 Å². The molecule has 1 amide bonds. The Bertz CT molecular complexity index is 626. The number of hydrogen-bond acceptors (Lipinski definition) is 4. The number of ether oxygens (including phenoxy) is 2. The average Bonchev–Trinajstić information content (AvgIpc) is 2.62. The second-order valence-electron chi connectivity index (χ2n) is 6.62. The average molecular weight is 345 g/mol. The third-order valence-corrected chi connectivity index (χ3v) is 4.94. The Kier molecular flexibility index (Phi) is 7.04. The van der Waals surface area contributed by atoms with Gasteiger partial charge in [0.05, 0.1) is 7.11 Å². The van der Waals surface area contributed by atoms with Gasteiger partial charge in [-0.2, -0.15) is 0 Å². The smallest absolute Gasteiger partial charge is 0.331 e. The van der Waals surface area contributed by atoms with Gasteiger partial charge in [-0.3, -0.25) is 4.79 Å². The Morgan fingerprint density at radius 1 is 1.24 bits per heavy atom. The molecule has 1 aromatic rings. The molecule has 3 atom stereocenters. The first-order chi connectivity index (χ1) is 12.0. The highest BCUT2D eigenvalue weighted by molar-refractivity contribution is 5.89. The molecule has 1 saturated carbocycles. The molecular formula is C20H27NO4. The van der Waals surface area contributed by atoms with E-state index < -0.39 is 5.97 Å². The van der Waals surface area contributed by atoms with E-state index >= 15 is 0 Å². The van der Waals surface area contributed by atoms with Gasteiger partial charge >= 0.3 is 5.97 Å². The number of hydrogen-bond donors (Lipinski definition) is 1. The molecule has 1 N–H and O–H groups in total. The van der Waals surface area contributed by atoms with Crippen molar-refractivity contribution >= 4 is 18.0 Å². The Morgan fingerprint density at radius 3 is 2.76 bits per heavy atom. The van der Waals surface area contributed by atoms with Crippen molar-refractivity contribution in [1.29, 1.82) is 0 Å². The van der Waals surface area contributed by atoms with Crippen molar-refractivity contribution in [1.82, 2.24) is 5.32 Å². The predicted octanol–water partition coefficient (Wildman–Crippen LogP) is 3.19. The molecule has 1 aliphatic rings. The first-order valence-electron chi connectivity index (χ1n) is 8.78. The van der Waals surface area contributed by atoms with Crippen LogP contribution in [0.3, 0.4) is 0 Å². The van der Waals surface area contributed by atoms with Gasteiger partial charge in [-0.1, -0.05) is 44.9 Å². The SMILES string of the molecule is COc1ccccc1/C=C/C(=O)OCC(=O)N[C@H]1CCC[C@@H](C)[C@@H]1C. The first-order valence-corrected chi connectivity index (χ1v) is 8.78. The molecule has 1 aromatic carbocycles. The molecular weight excluding hydrogens is 318 g/mol. The number of esters is 1. The summed E-state index contributed by atoms with van der Waals surface area (Å²) in [6, 6.07) is 7.52. The number of amides is 1. The van der Waals surface area contributed by atoms with Crippen molar-refractivity contribution in [2.24, 2.45) is 11.8 Å². The third-order valence-electron chi connectivity index (χ3n) is 4.94. The van der Waals surface area contributed by atoms with E-state index in [0.29, 0.717) is 17.6 Å². The van der Waals surface area contributed by atoms with Crippen molar-refractivity contribution in [2.75, 3.05) is 13.7 Å². The van der Waals surface area contributed by atoms with Gasteiger partial charge in [0.2, 0.25) is 0 Å². The largest absolute Gasteiger partial charge is 0.496 e. The maximum absolute atomic E-state index is 12.0. The maximum Gasteiger partial charge on any atom is 0.331 e. The summed E-state index contributed by atoms with van der Waals surface area (Å²) in [5, 5.41) is 2.99. The molecule has 2 rings (SSSR count). The van der Waals surface area contributed by atoms with Crippen LogP contribution in [0, 0.1) is 11.8 Å². The van der Waals surface area contributed by atoms with Crippen molar-refractivity contribution in [2.45, 2.75) is 39.2 Å². The van der Waals surface area contributed by atoms with Gasteiger partial charge in [-0.25, -0.2) is 4.79 Å². The quantitative estimate of drug-likeness (QED) is 0.635. The van der Waals surface area contributed by atoms with Crippen molar-refractivity contribution in [3.05, 3.63) is 35.9 Å². The lowest BCUT2D eigenvalue weighted by Gasteiger charge is -2.34. The minimum atomic E-state index is -0.550. The summed E-state index contributed by atoms with van der Waals surface area (Å²) >= 11 is 0. The molecule has 0 bridgehead atoms. The number of benzene rings is 1. The van der Waals surface area contributed by atoms with Crippen LogP contribution in [-0.4, -0.2) is 31.6 Å². The Morgan fingerprint density at radius 2 is 2.00 bits per heavy atom. The van der Waals surface area contributed by atoms with Crippen LogP contribution in [0.25, 0.3) is 6.08 Å².